The molecule has 1 heterocycles. The molecule has 20 heavy (non-hydrogen) atoms. The van der Waals surface area contributed by atoms with E-state index in [1.165, 1.54) is 10.9 Å². The third kappa shape index (κ3) is 3.35. The van der Waals surface area contributed by atoms with Crippen LogP contribution >= 0.6 is 12.2 Å². The van der Waals surface area contributed by atoms with Gasteiger partial charge in [0.2, 0.25) is 0 Å². The summed E-state index contributed by atoms with van der Waals surface area (Å²) in [5.41, 5.74) is 7.89. The van der Waals surface area contributed by atoms with Crippen LogP contribution in [0.15, 0.2) is 24.3 Å². The second-order valence-electron chi connectivity index (χ2n) is 5.37. The Morgan fingerprint density at radius 1 is 1.40 bits per heavy atom. The van der Waals surface area contributed by atoms with E-state index < -0.39 is 0 Å². The number of nitrogens with zero attached hydrogens (tertiary/aromatic N) is 3. The van der Waals surface area contributed by atoms with E-state index in [0.29, 0.717) is 11.0 Å². The van der Waals surface area contributed by atoms with Crippen molar-refractivity contribution in [2.45, 2.75) is 32.9 Å². The van der Waals surface area contributed by atoms with Crippen LogP contribution in [0, 0.1) is 0 Å². The molecule has 0 aliphatic rings. The number of para-hydroxylation sites is 1. The van der Waals surface area contributed by atoms with Crippen molar-refractivity contribution in [1.29, 1.82) is 0 Å². The Morgan fingerprint density at radius 2 is 2.10 bits per heavy atom. The molecule has 4 nitrogen and oxygen atoms in total. The largest absolute Gasteiger partial charge is 0.393 e. The van der Waals surface area contributed by atoms with E-state index in [1.54, 1.807) is 0 Å². The number of benzene rings is 1. The highest BCUT2D eigenvalue weighted by molar-refractivity contribution is 7.80. The van der Waals surface area contributed by atoms with Gasteiger partial charge >= 0.3 is 0 Å². The van der Waals surface area contributed by atoms with Gasteiger partial charge in [-0.05, 0) is 19.9 Å². The molecule has 0 saturated heterocycles. The molecule has 2 aromatic rings. The minimum absolute atomic E-state index is 0.435. The first-order valence-corrected chi connectivity index (χ1v) is 7.33. The monoisotopic (exact) mass is 290 g/mol. The molecule has 0 radical (unpaired) electrons. The Kier molecular flexibility index (Phi) is 4.73. The second-order valence-corrected chi connectivity index (χ2v) is 5.89. The molecule has 108 valence electrons. The molecule has 2 rings (SSSR count). The second kappa shape index (κ2) is 6.33. The van der Waals surface area contributed by atoms with E-state index in [4.69, 9.17) is 18.0 Å². The predicted octanol–water partition coefficient (Wildman–Crippen LogP) is 2.46. The van der Waals surface area contributed by atoms with Gasteiger partial charge in [0, 0.05) is 38.0 Å². The van der Waals surface area contributed by atoms with Crippen molar-refractivity contribution in [3.8, 4) is 0 Å². The molecule has 5 heteroatoms. The summed E-state index contributed by atoms with van der Waals surface area (Å²) < 4.78 is 1.94. The van der Waals surface area contributed by atoms with Gasteiger partial charge in [0.25, 0.3) is 0 Å². The first-order valence-electron chi connectivity index (χ1n) is 6.92. The molecule has 0 spiro atoms. The fourth-order valence-electron chi connectivity index (χ4n) is 2.37. The van der Waals surface area contributed by atoms with Crippen molar-refractivity contribution in [1.82, 2.24) is 14.7 Å². The number of thiocarbonyl (C=S) groups is 1. The fourth-order valence-corrected chi connectivity index (χ4v) is 2.46. The molecule has 1 aromatic carbocycles. The normalized spacial score (nSPS) is 11.7. The van der Waals surface area contributed by atoms with Crippen molar-refractivity contribution in [2.24, 2.45) is 12.8 Å². The molecule has 0 aliphatic heterocycles. The summed E-state index contributed by atoms with van der Waals surface area (Å²) in [7, 11) is 1.99. The molecular weight excluding hydrogens is 268 g/mol. The lowest BCUT2D eigenvalue weighted by Gasteiger charge is -2.25. The maximum atomic E-state index is 5.61. The molecule has 0 saturated carbocycles. The van der Waals surface area contributed by atoms with E-state index in [1.807, 2.05) is 17.8 Å². The number of rotatable bonds is 6. The standard InChI is InChI=1S/C15H22N4S/c1-11(2)19(9-8-15(16)20)10-13-12-6-4-5-7-14(12)18(3)17-13/h4-7,11H,8-10H2,1-3H3,(H2,16,20). The topological polar surface area (TPSA) is 47.1 Å². The molecule has 0 unspecified atom stereocenters. The van der Waals surface area contributed by atoms with Gasteiger partial charge in [0.1, 0.15) is 0 Å². The van der Waals surface area contributed by atoms with Crippen LogP contribution in [-0.2, 0) is 13.6 Å². The first-order chi connectivity index (χ1) is 9.49. The summed E-state index contributed by atoms with van der Waals surface area (Å²) in [6, 6.07) is 8.76. The maximum Gasteiger partial charge on any atom is 0.0843 e. The van der Waals surface area contributed by atoms with Crippen molar-refractivity contribution < 1.29 is 0 Å². The van der Waals surface area contributed by atoms with Crippen molar-refractivity contribution in [3.63, 3.8) is 0 Å². The predicted molar refractivity (Wildman–Crippen MR) is 87.7 cm³/mol. The first kappa shape index (κ1) is 14.9. The smallest absolute Gasteiger partial charge is 0.0843 e. The minimum atomic E-state index is 0.435. The van der Waals surface area contributed by atoms with Crippen LogP contribution in [0.3, 0.4) is 0 Å². The van der Waals surface area contributed by atoms with Crippen LogP contribution < -0.4 is 5.73 Å². The van der Waals surface area contributed by atoms with Gasteiger partial charge in [-0.2, -0.15) is 5.10 Å². The van der Waals surface area contributed by atoms with Crippen molar-refractivity contribution in [3.05, 3.63) is 30.0 Å². The highest BCUT2D eigenvalue weighted by Gasteiger charge is 2.15. The Morgan fingerprint density at radius 3 is 2.75 bits per heavy atom. The van der Waals surface area contributed by atoms with Gasteiger partial charge in [-0.3, -0.25) is 9.58 Å². The lowest BCUT2D eigenvalue weighted by Crippen LogP contribution is -2.33. The molecular formula is C15H22N4S. The molecule has 0 atom stereocenters. The minimum Gasteiger partial charge on any atom is -0.393 e. The zero-order valence-corrected chi connectivity index (χ0v) is 13.2. The maximum absolute atomic E-state index is 5.61. The summed E-state index contributed by atoms with van der Waals surface area (Å²) in [5, 5.41) is 5.87. The zero-order valence-electron chi connectivity index (χ0n) is 12.3. The Balaban J connectivity index is 2.22. The van der Waals surface area contributed by atoms with Crippen LogP contribution in [0.4, 0.5) is 0 Å². The average molecular weight is 290 g/mol. The summed E-state index contributed by atoms with van der Waals surface area (Å²) in [6.45, 7) is 6.06. The van der Waals surface area contributed by atoms with Crippen LogP contribution in [0.1, 0.15) is 26.0 Å². The number of aryl methyl sites for hydroxylation is 1. The number of hydrogen-bond acceptors (Lipinski definition) is 3. The quantitative estimate of drug-likeness (QED) is 0.830. The number of hydrogen-bond donors (Lipinski definition) is 1. The molecule has 0 aliphatic carbocycles. The highest BCUT2D eigenvalue weighted by Crippen LogP contribution is 2.19. The molecule has 0 fully saturated rings. The third-order valence-corrected chi connectivity index (χ3v) is 3.77. The molecule has 1 aromatic heterocycles. The van der Waals surface area contributed by atoms with Crippen molar-refractivity contribution >= 4 is 28.1 Å². The highest BCUT2D eigenvalue weighted by atomic mass is 32.1. The van der Waals surface area contributed by atoms with Gasteiger partial charge in [-0.1, -0.05) is 30.4 Å². The Bertz CT molecular complexity index is 603. The number of aromatic nitrogens is 2. The van der Waals surface area contributed by atoms with Crippen LogP contribution in [0.2, 0.25) is 0 Å². The molecule has 2 N–H and O–H groups in total. The van der Waals surface area contributed by atoms with E-state index in [0.717, 1.165) is 25.2 Å². The van der Waals surface area contributed by atoms with Crippen molar-refractivity contribution in [2.75, 3.05) is 6.54 Å². The van der Waals surface area contributed by atoms with Gasteiger partial charge < -0.3 is 5.73 Å². The van der Waals surface area contributed by atoms with E-state index in [9.17, 15) is 0 Å². The van der Waals surface area contributed by atoms with Gasteiger partial charge in [0.05, 0.1) is 16.2 Å². The van der Waals surface area contributed by atoms with E-state index in [2.05, 4.69) is 42.0 Å². The lowest BCUT2D eigenvalue weighted by molar-refractivity contribution is 0.217. The fraction of sp³-hybridized carbons (Fsp3) is 0.467. The SMILES string of the molecule is CC(C)N(CCC(N)=S)Cc1nn(C)c2ccccc12. The van der Waals surface area contributed by atoms with Crippen LogP contribution in [0.5, 0.6) is 0 Å². The van der Waals surface area contributed by atoms with Crippen LogP contribution in [-0.4, -0.2) is 32.3 Å². The van der Waals surface area contributed by atoms with Gasteiger partial charge in [-0.25, -0.2) is 0 Å². The van der Waals surface area contributed by atoms with E-state index >= 15 is 0 Å². The van der Waals surface area contributed by atoms with E-state index in [-0.39, 0.29) is 0 Å². The number of fused-ring (bicyclic) bond motifs is 1. The van der Waals surface area contributed by atoms with Crippen LogP contribution in [0.25, 0.3) is 10.9 Å². The number of nitrogens with two attached hydrogens (primary N) is 1. The zero-order chi connectivity index (χ0) is 14.7. The van der Waals surface area contributed by atoms with Gasteiger partial charge in [0.15, 0.2) is 0 Å². The van der Waals surface area contributed by atoms with Gasteiger partial charge in [-0.15, -0.1) is 0 Å². The molecule has 0 bridgehead atoms. The Labute approximate surface area is 125 Å². The summed E-state index contributed by atoms with van der Waals surface area (Å²) in [4.78, 5) is 2.93. The summed E-state index contributed by atoms with van der Waals surface area (Å²) >= 11 is 4.98. The average Bonchev–Trinajstić information content (AvgIpc) is 2.71. The Hall–Kier alpha value is -1.46. The molecule has 0 amide bonds. The third-order valence-electron chi connectivity index (χ3n) is 3.56. The summed E-state index contributed by atoms with van der Waals surface area (Å²) in [5.74, 6) is 0. The summed E-state index contributed by atoms with van der Waals surface area (Å²) in [6.07, 6.45) is 0.748. The lowest BCUT2D eigenvalue weighted by atomic mass is 10.2.